The van der Waals surface area contributed by atoms with Crippen molar-refractivity contribution in [1.82, 2.24) is 0 Å². The first kappa shape index (κ1) is 13.5. The Bertz CT molecular complexity index is 544. The van der Waals surface area contributed by atoms with Crippen molar-refractivity contribution in [3.63, 3.8) is 0 Å². The highest BCUT2D eigenvalue weighted by atomic mass is 35.5. The Morgan fingerprint density at radius 1 is 1.00 bits per heavy atom. The van der Waals surface area contributed by atoms with Crippen LogP contribution in [0.25, 0.3) is 0 Å². The summed E-state index contributed by atoms with van der Waals surface area (Å²) < 4.78 is 0. The van der Waals surface area contributed by atoms with Gasteiger partial charge < -0.3 is 5.32 Å². The number of aryl methyl sites for hydroxylation is 1. The van der Waals surface area contributed by atoms with E-state index in [-0.39, 0.29) is 0 Å². The Labute approximate surface area is 122 Å². The van der Waals surface area contributed by atoms with Gasteiger partial charge in [-0.2, -0.15) is 0 Å². The Morgan fingerprint density at radius 2 is 1.61 bits per heavy atom. The number of rotatable bonds is 3. The lowest BCUT2D eigenvalue weighted by Gasteiger charge is -2.12. The summed E-state index contributed by atoms with van der Waals surface area (Å²) in [6.45, 7) is 2.75. The number of hydrogen-bond acceptors (Lipinski definition) is 1. The van der Waals surface area contributed by atoms with E-state index in [1.165, 1.54) is 11.1 Å². The summed E-state index contributed by atoms with van der Waals surface area (Å²) in [6.07, 6.45) is 0. The zero-order valence-corrected chi connectivity index (χ0v) is 12.1. The maximum atomic E-state index is 6.11. The third kappa shape index (κ3) is 3.11. The molecule has 0 saturated heterocycles. The molecule has 0 atom stereocenters. The summed E-state index contributed by atoms with van der Waals surface area (Å²) in [6, 6.07) is 11.5. The number of anilines is 1. The van der Waals surface area contributed by atoms with Crippen molar-refractivity contribution in [3.8, 4) is 0 Å². The van der Waals surface area contributed by atoms with E-state index in [4.69, 9.17) is 34.8 Å². The molecular formula is C14H12Cl3N. The molecule has 2 aromatic carbocycles. The van der Waals surface area contributed by atoms with Crippen molar-refractivity contribution >= 4 is 40.5 Å². The molecule has 0 heterocycles. The van der Waals surface area contributed by atoms with Gasteiger partial charge in [-0.05, 0) is 30.2 Å². The molecule has 0 unspecified atom stereocenters. The molecule has 0 radical (unpaired) electrons. The molecule has 0 bridgehead atoms. The molecule has 2 rings (SSSR count). The van der Waals surface area contributed by atoms with Crippen LogP contribution in [0.15, 0.2) is 36.4 Å². The van der Waals surface area contributed by atoms with Crippen LogP contribution in [-0.4, -0.2) is 0 Å². The molecule has 0 aliphatic carbocycles. The Kier molecular flexibility index (Phi) is 4.39. The zero-order valence-electron chi connectivity index (χ0n) is 9.81. The van der Waals surface area contributed by atoms with Gasteiger partial charge in [-0.3, -0.25) is 0 Å². The Balaban J connectivity index is 2.19. The normalized spacial score (nSPS) is 10.4. The molecule has 0 aromatic heterocycles. The van der Waals surface area contributed by atoms with Crippen molar-refractivity contribution in [3.05, 3.63) is 62.6 Å². The molecular weight excluding hydrogens is 289 g/mol. The van der Waals surface area contributed by atoms with E-state index in [9.17, 15) is 0 Å². The fourth-order valence-corrected chi connectivity index (χ4v) is 2.65. The molecule has 0 spiro atoms. The minimum Gasteiger partial charge on any atom is -0.379 e. The molecule has 94 valence electrons. The van der Waals surface area contributed by atoms with Crippen LogP contribution < -0.4 is 5.32 Å². The quantitative estimate of drug-likeness (QED) is 0.781. The predicted molar refractivity (Wildman–Crippen MR) is 80.0 cm³/mol. The lowest BCUT2D eigenvalue weighted by atomic mass is 10.1. The Hall–Kier alpha value is -0.890. The first-order valence-corrected chi connectivity index (χ1v) is 6.64. The van der Waals surface area contributed by atoms with Crippen LogP contribution in [0.1, 0.15) is 11.1 Å². The second-order valence-corrected chi connectivity index (χ2v) is 5.28. The maximum Gasteiger partial charge on any atom is 0.0722 e. The van der Waals surface area contributed by atoms with Crippen LogP contribution in [0.2, 0.25) is 15.1 Å². The average Bonchev–Trinajstić information content (AvgIpc) is 2.30. The summed E-state index contributed by atoms with van der Waals surface area (Å²) >= 11 is 18.1. The number of benzene rings is 2. The fourth-order valence-electron chi connectivity index (χ4n) is 1.70. The highest BCUT2D eigenvalue weighted by Gasteiger charge is 2.07. The van der Waals surface area contributed by atoms with Gasteiger partial charge in [0, 0.05) is 11.6 Å². The zero-order chi connectivity index (χ0) is 13.1. The molecule has 4 heteroatoms. The lowest BCUT2D eigenvalue weighted by molar-refractivity contribution is 1.12. The summed E-state index contributed by atoms with van der Waals surface area (Å²) in [5.74, 6) is 0. The molecule has 1 N–H and O–H groups in total. The standard InChI is InChI=1S/C14H12Cl3N/c1-9-4-2-3-5-10(9)8-18-14-12(16)6-11(15)7-13(14)17/h2-7,18H,8H2,1H3. The van der Waals surface area contributed by atoms with Gasteiger partial charge in [0.25, 0.3) is 0 Å². The molecule has 0 amide bonds. The fraction of sp³-hybridized carbons (Fsp3) is 0.143. The monoisotopic (exact) mass is 299 g/mol. The first-order chi connectivity index (χ1) is 8.58. The van der Waals surface area contributed by atoms with Gasteiger partial charge in [0.1, 0.15) is 0 Å². The van der Waals surface area contributed by atoms with Crippen LogP contribution in [-0.2, 0) is 6.54 Å². The third-order valence-electron chi connectivity index (χ3n) is 2.72. The molecule has 18 heavy (non-hydrogen) atoms. The topological polar surface area (TPSA) is 12.0 Å². The van der Waals surface area contributed by atoms with Crippen LogP contribution in [0.5, 0.6) is 0 Å². The van der Waals surface area contributed by atoms with E-state index in [2.05, 4.69) is 24.4 Å². The minimum absolute atomic E-state index is 0.529. The van der Waals surface area contributed by atoms with Crippen LogP contribution >= 0.6 is 34.8 Å². The van der Waals surface area contributed by atoms with Crippen molar-refractivity contribution < 1.29 is 0 Å². The van der Waals surface area contributed by atoms with E-state index in [1.54, 1.807) is 12.1 Å². The molecule has 2 aromatic rings. The first-order valence-electron chi connectivity index (χ1n) is 5.51. The third-order valence-corrected chi connectivity index (χ3v) is 3.54. The van der Waals surface area contributed by atoms with Gasteiger partial charge in [-0.25, -0.2) is 0 Å². The van der Waals surface area contributed by atoms with Gasteiger partial charge in [0.05, 0.1) is 15.7 Å². The summed E-state index contributed by atoms with van der Waals surface area (Å²) in [5, 5.41) is 4.83. The molecule has 0 aliphatic rings. The highest BCUT2D eigenvalue weighted by Crippen LogP contribution is 2.34. The largest absolute Gasteiger partial charge is 0.379 e. The predicted octanol–water partition coefficient (Wildman–Crippen LogP) is 5.57. The number of hydrogen-bond donors (Lipinski definition) is 1. The molecule has 0 aliphatic heterocycles. The van der Waals surface area contributed by atoms with Crippen molar-refractivity contribution in [2.45, 2.75) is 13.5 Å². The van der Waals surface area contributed by atoms with Gasteiger partial charge in [0.15, 0.2) is 0 Å². The lowest BCUT2D eigenvalue weighted by Crippen LogP contribution is -2.02. The minimum atomic E-state index is 0.529. The van der Waals surface area contributed by atoms with Crippen LogP contribution in [0.3, 0.4) is 0 Å². The van der Waals surface area contributed by atoms with Gasteiger partial charge in [-0.15, -0.1) is 0 Å². The summed E-state index contributed by atoms with van der Waals surface area (Å²) in [4.78, 5) is 0. The van der Waals surface area contributed by atoms with Crippen LogP contribution in [0, 0.1) is 6.92 Å². The highest BCUT2D eigenvalue weighted by molar-refractivity contribution is 6.41. The van der Waals surface area contributed by atoms with E-state index in [1.807, 2.05) is 12.1 Å². The van der Waals surface area contributed by atoms with Crippen molar-refractivity contribution in [2.24, 2.45) is 0 Å². The molecule has 1 nitrogen and oxygen atoms in total. The van der Waals surface area contributed by atoms with Gasteiger partial charge in [-0.1, -0.05) is 59.1 Å². The van der Waals surface area contributed by atoms with E-state index >= 15 is 0 Å². The van der Waals surface area contributed by atoms with Crippen LogP contribution in [0.4, 0.5) is 5.69 Å². The maximum absolute atomic E-state index is 6.11. The number of halogens is 3. The second-order valence-electron chi connectivity index (χ2n) is 4.02. The summed E-state index contributed by atoms with van der Waals surface area (Å²) in [7, 11) is 0. The summed E-state index contributed by atoms with van der Waals surface area (Å²) in [5.41, 5.74) is 3.15. The van der Waals surface area contributed by atoms with Crippen molar-refractivity contribution in [2.75, 3.05) is 5.32 Å². The van der Waals surface area contributed by atoms with Gasteiger partial charge >= 0.3 is 0 Å². The van der Waals surface area contributed by atoms with E-state index in [0.717, 1.165) is 0 Å². The Morgan fingerprint density at radius 3 is 2.22 bits per heavy atom. The van der Waals surface area contributed by atoms with E-state index < -0.39 is 0 Å². The SMILES string of the molecule is Cc1ccccc1CNc1c(Cl)cc(Cl)cc1Cl. The average molecular weight is 301 g/mol. The smallest absolute Gasteiger partial charge is 0.0722 e. The molecule has 0 fully saturated rings. The molecule has 0 saturated carbocycles. The van der Waals surface area contributed by atoms with E-state index in [0.29, 0.717) is 27.3 Å². The second kappa shape index (κ2) is 5.83. The van der Waals surface area contributed by atoms with Gasteiger partial charge in [0.2, 0.25) is 0 Å². The van der Waals surface area contributed by atoms with Crippen molar-refractivity contribution in [1.29, 1.82) is 0 Å². The number of nitrogens with one attached hydrogen (secondary N) is 1.